The molecular formula is C16H21BrN4O2. The molecule has 6 nitrogen and oxygen atoms in total. The molecule has 2 aliphatic heterocycles. The van der Waals surface area contributed by atoms with Gasteiger partial charge in [0.15, 0.2) is 5.79 Å². The second-order valence-corrected chi connectivity index (χ2v) is 7.16. The van der Waals surface area contributed by atoms with Crippen LogP contribution in [0.15, 0.2) is 10.7 Å². The summed E-state index contributed by atoms with van der Waals surface area (Å²) in [5.74, 6) is 0.447. The average molecular weight is 381 g/mol. The molecule has 2 saturated heterocycles. The predicted molar refractivity (Wildman–Crippen MR) is 89.3 cm³/mol. The minimum absolute atomic E-state index is 0.318. The zero-order valence-corrected chi connectivity index (χ0v) is 15.1. The quantitative estimate of drug-likeness (QED) is 0.800. The van der Waals surface area contributed by atoms with Crippen molar-refractivity contribution in [3.05, 3.63) is 27.8 Å². The highest BCUT2D eigenvalue weighted by atomic mass is 79.9. The van der Waals surface area contributed by atoms with Gasteiger partial charge in [-0.05, 0) is 35.8 Å². The maximum absolute atomic E-state index is 5.79. The van der Waals surface area contributed by atoms with Crippen molar-refractivity contribution in [1.82, 2.24) is 19.3 Å². The lowest BCUT2D eigenvalue weighted by atomic mass is 10.0. The van der Waals surface area contributed by atoms with E-state index in [1.807, 2.05) is 6.92 Å². The van der Waals surface area contributed by atoms with Crippen LogP contribution in [0.5, 0.6) is 0 Å². The molecule has 0 saturated carbocycles. The molecule has 7 heteroatoms. The highest BCUT2D eigenvalue weighted by Crippen LogP contribution is 2.32. The number of imidazole rings is 1. The Morgan fingerprint density at radius 3 is 2.57 bits per heavy atom. The molecule has 0 atom stereocenters. The minimum Gasteiger partial charge on any atom is -0.347 e. The van der Waals surface area contributed by atoms with E-state index in [-0.39, 0.29) is 5.79 Å². The zero-order chi connectivity index (χ0) is 16.0. The third-order valence-corrected chi connectivity index (χ3v) is 5.53. The molecule has 0 aromatic carbocycles. The second kappa shape index (κ2) is 5.81. The standard InChI is InChI=1S/C16H21BrN4O2/c1-11-9-12(2)21-14(17)13(19-15(21)18-11)10-20-5-3-16(4-6-20)22-7-8-23-16/h9H,3-8,10H2,1-2H3. The Labute approximate surface area is 143 Å². The SMILES string of the molecule is Cc1cc(C)n2c(Br)c(CN3CCC4(CC3)OCCO4)nc2n1. The molecule has 2 aliphatic rings. The number of aryl methyl sites for hydroxylation is 2. The third-order valence-electron chi connectivity index (χ3n) is 4.72. The van der Waals surface area contributed by atoms with E-state index in [1.165, 1.54) is 0 Å². The number of hydrogen-bond donors (Lipinski definition) is 0. The topological polar surface area (TPSA) is 51.9 Å². The van der Waals surface area contributed by atoms with E-state index < -0.39 is 0 Å². The van der Waals surface area contributed by atoms with Gasteiger partial charge in [-0.1, -0.05) is 0 Å². The summed E-state index contributed by atoms with van der Waals surface area (Å²) in [5, 5.41) is 0. The first kappa shape index (κ1) is 15.5. The maximum Gasteiger partial charge on any atom is 0.235 e. The number of rotatable bonds is 2. The third kappa shape index (κ3) is 2.80. The fourth-order valence-corrected chi connectivity index (χ4v) is 4.18. The van der Waals surface area contributed by atoms with Crippen molar-refractivity contribution in [2.45, 2.75) is 39.0 Å². The van der Waals surface area contributed by atoms with Crippen LogP contribution in [0, 0.1) is 13.8 Å². The number of nitrogens with zero attached hydrogens (tertiary/aromatic N) is 4. The Bertz CT molecular complexity index is 729. The first-order chi connectivity index (χ1) is 11.1. The first-order valence-corrected chi connectivity index (χ1v) is 8.87. The molecular weight excluding hydrogens is 360 g/mol. The summed E-state index contributed by atoms with van der Waals surface area (Å²) in [7, 11) is 0. The molecule has 0 bridgehead atoms. The van der Waals surface area contributed by atoms with Crippen LogP contribution in [0.1, 0.15) is 29.9 Å². The molecule has 23 heavy (non-hydrogen) atoms. The number of piperidine rings is 1. The summed E-state index contributed by atoms with van der Waals surface area (Å²) in [5.41, 5.74) is 3.17. The number of likely N-dealkylation sites (tertiary alicyclic amines) is 1. The first-order valence-electron chi connectivity index (χ1n) is 8.08. The van der Waals surface area contributed by atoms with Crippen molar-refractivity contribution in [1.29, 1.82) is 0 Å². The number of fused-ring (bicyclic) bond motifs is 1. The van der Waals surface area contributed by atoms with E-state index in [2.05, 4.69) is 43.2 Å². The molecule has 124 valence electrons. The summed E-state index contributed by atoms with van der Waals surface area (Å²) >= 11 is 3.70. The lowest BCUT2D eigenvalue weighted by molar-refractivity contribution is -0.185. The van der Waals surface area contributed by atoms with Crippen LogP contribution in [0.25, 0.3) is 5.78 Å². The molecule has 0 N–H and O–H groups in total. The smallest absolute Gasteiger partial charge is 0.235 e. The fourth-order valence-electron chi connectivity index (χ4n) is 3.53. The van der Waals surface area contributed by atoms with E-state index in [0.29, 0.717) is 0 Å². The second-order valence-electron chi connectivity index (χ2n) is 6.41. The number of halogens is 1. The molecule has 0 aliphatic carbocycles. The summed E-state index contributed by atoms with van der Waals surface area (Å²) in [6.07, 6.45) is 1.85. The molecule has 4 heterocycles. The van der Waals surface area contributed by atoms with Gasteiger partial charge >= 0.3 is 0 Å². The van der Waals surface area contributed by atoms with Gasteiger partial charge in [0, 0.05) is 43.9 Å². The van der Waals surface area contributed by atoms with Crippen molar-refractivity contribution in [2.75, 3.05) is 26.3 Å². The van der Waals surface area contributed by atoms with Crippen molar-refractivity contribution < 1.29 is 9.47 Å². The molecule has 0 amide bonds. The van der Waals surface area contributed by atoms with E-state index in [1.54, 1.807) is 0 Å². The van der Waals surface area contributed by atoms with Crippen molar-refractivity contribution in [3.63, 3.8) is 0 Å². The molecule has 4 rings (SSSR count). The van der Waals surface area contributed by atoms with Gasteiger partial charge in [0.2, 0.25) is 5.78 Å². The van der Waals surface area contributed by atoms with E-state index >= 15 is 0 Å². The lowest BCUT2D eigenvalue weighted by Crippen LogP contribution is -2.44. The molecule has 0 radical (unpaired) electrons. The van der Waals surface area contributed by atoms with Gasteiger partial charge in [0.1, 0.15) is 4.60 Å². The zero-order valence-electron chi connectivity index (χ0n) is 13.5. The molecule has 0 unspecified atom stereocenters. The van der Waals surface area contributed by atoms with Crippen molar-refractivity contribution in [3.8, 4) is 0 Å². The lowest BCUT2D eigenvalue weighted by Gasteiger charge is -2.37. The van der Waals surface area contributed by atoms with E-state index in [0.717, 1.165) is 73.2 Å². The maximum atomic E-state index is 5.79. The Morgan fingerprint density at radius 1 is 1.17 bits per heavy atom. The summed E-state index contributed by atoms with van der Waals surface area (Å²) in [6, 6.07) is 2.07. The van der Waals surface area contributed by atoms with E-state index in [4.69, 9.17) is 14.5 Å². The van der Waals surface area contributed by atoms with Crippen LogP contribution in [0.4, 0.5) is 0 Å². The highest BCUT2D eigenvalue weighted by molar-refractivity contribution is 9.10. The van der Waals surface area contributed by atoms with Gasteiger partial charge < -0.3 is 9.47 Å². The molecule has 2 fully saturated rings. The summed E-state index contributed by atoms with van der Waals surface area (Å²) < 4.78 is 14.7. The average Bonchev–Trinajstić information content (AvgIpc) is 3.08. The van der Waals surface area contributed by atoms with Gasteiger partial charge in [-0.25, -0.2) is 9.97 Å². The minimum atomic E-state index is -0.318. The van der Waals surface area contributed by atoms with Crippen LogP contribution in [0.3, 0.4) is 0 Å². The number of ether oxygens (including phenoxy) is 2. The monoisotopic (exact) mass is 380 g/mol. The largest absolute Gasteiger partial charge is 0.347 e. The molecule has 1 spiro atoms. The summed E-state index contributed by atoms with van der Waals surface area (Å²) in [4.78, 5) is 11.7. The van der Waals surface area contributed by atoms with Crippen LogP contribution in [-0.4, -0.2) is 51.4 Å². The Balaban J connectivity index is 1.52. The van der Waals surface area contributed by atoms with Crippen molar-refractivity contribution in [2.24, 2.45) is 0 Å². The Kier molecular flexibility index (Phi) is 3.91. The van der Waals surface area contributed by atoms with Crippen LogP contribution >= 0.6 is 15.9 Å². The van der Waals surface area contributed by atoms with Gasteiger partial charge in [-0.3, -0.25) is 9.30 Å². The molecule has 2 aromatic heterocycles. The Morgan fingerprint density at radius 2 is 1.87 bits per heavy atom. The highest BCUT2D eigenvalue weighted by Gasteiger charge is 2.39. The molecule has 2 aromatic rings. The number of aromatic nitrogens is 3. The fraction of sp³-hybridized carbons (Fsp3) is 0.625. The van der Waals surface area contributed by atoms with E-state index in [9.17, 15) is 0 Å². The normalized spacial score (nSPS) is 21.5. The van der Waals surface area contributed by atoms with Gasteiger partial charge in [0.05, 0.1) is 18.9 Å². The predicted octanol–water partition coefficient (Wildman–Crippen LogP) is 2.45. The van der Waals surface area contributed by atoms with Crippen molar-refractivity contribution >= 4 is 21.7 Å². The van der Waals surface area contributed by atoms with Crippen LogP contribution < -0.4 is 0 Å². The van der Waals surface area contributed by atoms with Crippen LogP contribution in [-0.2, 0) is 16.0 Å². The summed E-state index contributed by atoms with van der Waals surface area (Å²) in [6.45, 7) is 8.28. The Hall–Kier alpha value is -1.02. The number of hydrogen-bond acceptors (Lipinski definition) is 5. The van der Waals surface area contributed by atoms with Crippen LogP contribution in [0.2, 0.25) is 0 Å². The van der Waals surface area contributed by atoms with Gasteiger partial charge in [-0.15, -0.1) is 0 Å². The van der Waals surface area contributed by atoms with Gasteiger partial charge in [0.25, 0.3) is 0 Å². The van der Waals surface area contributed by atoms with Gasteiger partial charge in [-0.2, -0.15) is 0 Å².